The van der Waals surface area contributed by atoms with Gasteiger partial charge in [-0.1, -0.05) is 0 Å². The van der Waals surface area contributed by atoms with E-state index in [9.17, 15) is 0 Å². The molecule has 2 rings (SSSR count). The van der Waals surface area contributed by atoms with E-state index < -0.39 is 0 Å². The third kappa shape index (κ3) is 3.06. The first kappa shape index (κ1) is 10.6. The number of rotatable bonds is 1. The Morgan fingerprint density at radius 2 is 1.55 bits per heavy atom. The Kier molecular flexibility index (Phi) is 4.54. The molecule has 1 aliphatic carbocycles. The van der Waals surface area contributed by atoms with Crippen LogP contribution in [0, 0.1) is 7.05 Å². The largest absolute Gasteiger partial charge is 1.00 e. The van der Waals surface area contributed by atoms with Gasteiger partial charge in [-0.05, 0) is 25.9 Å². The fraction of sp³-hybridized carbons (Fsp3) is 0.875. The molecule has 2 fully saturated rings. The molecule has 3 heteroatoms. The van der Waals surface area contributed by atoms with Gasteiger partial charge in [-0.2, -0.15) is 0 Å². The Balaban J connectivity index is 0.000000605. The van der Waals surface area contributed by atoms with E-state index in [4.69, 9.17) is 0 Å². The zero-order chi connectivity index (χ0) is 6.97. The summed E-state index contributed by atoms with van der Waals surface area (Å²) >= 11 is 0. The predicted octanol–water partition coefficient (Wildman–Crippen LogP) is -2.44. The molecular weight excluding hydrogens is 163 g/mol. The van der Waals surface area contributed by atoms with Gasteiger partial charge in [-0.25, -0.2) is 0 Å². The van der Waals surface area contributed by atoms with Crippen LogP contribution in [0.1, 0.15) is 12.8 Å². The molecule has 1 aliphatic heterocycles. The van der Waals surface area contributed by atoms with Crippen molar-refractivity contribution < 1.29 is 51.4 Å². The normalized spacial score (nSPS) is 28.1. The third-order valence-corrected chi connectivity index (χ3v) is 2.47. The van der Waals surface area contributed by atoms with Gasteiger partial charge in [0.05, 0.1) is 0 Å². The standard InChI is InChI=1S/C8H15N2.K/c1-9-4-6-10(7-5-9)8-2-3-8;/h8H,1-7H2;/q-1;+1. The summed E-state index contributed by atoms with van der Waals surface area (Å²) in [4.78, 5) is 4.76. The van der Waals surface area contributed by atoms with Gasteiger partial charge in [-0.3, -0.25) is 11.9 Å². The molecule has 1 saturated heterocycles. The molecule has 0 spiro atoms. The Bertz CT molecular complexity index is 117. The molecule has 2 aliphatic rings. The Labute approximate surface area is 112 Å². The van der Waals surface area contributed by atoms with Crippen molar-refractivity contribution in [2.24, 2.45) is 0 Å². The van der Waals surface area contributed by atoms with Gasteiger partial charge >= 0.3 is 51.4 Å². The van der Waals surface area contributed by atoms with E-state index in [1.54, 1.807) is 0 Å². The second-order valence-corrected chi connectivity index (χ2v) is 3.39. The first-order valence-corrected chi connectivity index (χ1v) is 4.16. The molecule has 1 heterocycles. The van der Waals surface area contributed by atoms with Crippen LogP contribution in [0.2, 0.25) is 0 Å². The van der Waals surface area contributed by atoms with E-state index in [1.807, 2.05) is 0 Å². The topological polar surface area (TPSA) is 6.48 Å². The van der Waals surface area contributed by atoms with Gasteiger partial charge in [0.1, 0.15) is 0 Å². The Hall–Kier alpha value is 1.56. The zero-order valence-corrected chi connectivity index (χ0v) is 10.5. The first-order valence-electron chi connectivity index (χ1n) is 4.16. The molecule has 58 valence electrons. The quantitative estimate of drug-likeness (QED) is 0.325. The van der Waals surface area contributed by atoms with Crippen LogP contribution in [0.25, 0.3) is 0 Å². The average molecular weight is 178 g/mol. The van der Waals surface area contributed by atoms with Gasteiger partial charge in [0, 0.05) is 19.1 Å². The summed E-state index contributed by atoms with van der Waals surface area (Å²) in [5.41, 5.74) is 0. The van der Waals surface area contributed by atoms with Crippen molar-refractivity contribution in [3.05, 3.63) is 7.05 Å². The first-order chi connectivity index (χ1) is 4.86. The van der Waals surface area contributed by atoms with Crippen molar-refractivity contribution in [1.82, 2.24) is 9.80 Å². The number of hydrogen-bond donors (Lipinski definition) is 0. The minimum absolute atomic E-state index is 0. The molecule has 0 N–H and O–H groups in total. The van der Waals surface area contributed by atoms with Crippen LogP contribution < -0.4 is 51.4 Å². The summed E-state index contributed by atoms with van der Waals surface area (Å²) in [7, 11) is 3.92. The molecule has 0 aromatic heterocycles. The summed E-state index contributed by atoms with van der Waals surface area (Å²) in [6.45, 7) is 4.81. The van der Waals surface area contributed by atoms with Crippen molar-refractivity contribution >= 4 is 0 Å². The molecular formula is C8H15KN2. The van der Waals surface area contributed by atoms with E-state index >= 15 is 0 Å². The van der Waals surface area contributed by atoms with Crippen LogP contribution in [0.5, 0.6) is 0 Å². The van der Waals surface area contributed by atoms with Crippen molar-refractivity contribution in [1.29, 1.82) is 0 Å². The van der Waals surface area contributed by atoms with Crippen LogP contribution >= 0.6 is 0 Å². The van der Waals surface area contributed by atoms with E-state index in [-0.39, 0.29) is 51.4 Å². The maximum absolute atomic E-state index is 3.92. The van der Waals surface area contributed by atoms with Gasteiger partial charge in [0.25, 0.3) is 0 Å². The second kappa shape index (κ2) is 4.70. The molecule has 0 aromatic rings. The van der Waals surface area contributed by atoms with Crippen LogP contribution in [-0.2, 0) is 0 Å². The smallest absolute Gasteiger partial charge is 0.457 e. The monoisotopic (exact) mass is 178 g/mol. The summed E-state index contributed by atoms with van der Waals surface area (Å²) in [6, 6.07) is 0.952. The van der Waals surface area contributed by atoms with Gasteiger partial charge in [0.2, 0.25) is 0 Å². The van der Waals surface area contributed by atoms with Crippen LogP contribution in [0.4, 0.5) is 0 Å². The molecule has 0 radical (unpaired) electrons. The van der Waals surface area contributed by atoms with Crippen molar-refractivity contribution in [3.63, 3.8) is 0 Å². The molecule has 1 saturated carbocycles. The number of nitrogens with zero attached hydrogens (tertiary/aromatic N) is 2. The fourth-order valence-electron chi connectivity index (χ4n) is 1.57. The summed E-state index contributed by atoms with van der Waals surface area (Å²) in [5, 5.41) is 0. The van der Waals surface area contributed by atoms with E-state index in [0.29, 0.717) is 0 Å². The van der Waals surface area contributed by atoms with E-state index in [1.165, 1.54) is 25.9 Å². The number of hydrogen-bond acceptors (Lipinski definition) is 2. The molecule has 0 amide bonds. The molecule has 0 atom stereocenters. The molecule has 0 bridgehead atoms. The fourth-order valence-corrected chi connectivity index (χ4v) is 1.57. The maximum atomic E-state index is 3.92. The summed E-state index contributed by atoms with van der Waals surface area (Å²) in [5.74, 6) is 0. The third-order valence-electron chi connectivity index (χ3n) is 2.47. The minimum atomic E-state index is 0. The molecule has 0 unspecified atom stereocenters. The SMILES string of the molecule is [CH2-]N1CCN(C2CC2)CC1.[K+]. The second-order valence-electron chi connectivity index (χ2n) is 3.39. The van der Waals surface area contributed by atoms with Crippen LogP contribution in [0.15, 0.2) is 0 Å². The number of piperazine rings is 1. The predicted molar refractivity (Wildman–Crippen MR) is 41.5 cm³/mol. The van der Waals surface area contributed by atoms with Crippen LogP contribution in [-0.4, -0.2) is 42.0 Å². The van der Waals surface area contributed by atoms with Crippen molar-refractivity contribution in [2.75, 3.05) is 26.2 Å². The molecule has 0 aromatic carbocycles. The van der Waals surface area contributed by atoms with Gasteiger partial charge in [0.15, 0.2) is 0 Å². The van der Waals surface area contributed by atoms with Crippen molar-refractivity contribution in [2.45, 2.75) is 18.9 Å². The maximum Gasteiger partial charge on any atom is 1.00 e. The molecule has 11 heavy (non-hydrogen) atoms. The van der Waals surface area contributed by atoms with Gasteiger partial charge in [-0.15, -0.1) is 0 Å². The summed E-state index contributed by atoms with van der Waals surface area (Å²) < 4.78 is 0. The zero-order valence-electron chi connectivity index (χ0n) is 7.42. The Morgan fingerprint density at radius 3 is 2.00 bits per heavy atom. The van der Waals surface area contributed by atoms with E-state index in [2.05, 4.69) is 16.8 Å². The van der Waals surface area contributed by atoms with Crippen LogP contribution in [0.3, 0.4) is 0 Å². The van der Waals surface area contributed by atoms with Crippen molar-refractivity contribution in [3.8, 4) is 0 Å². The Morgan fingerprint density at radius 1 is 1.00 bits per heavy atom. The van der Waals surface area contributed by atoms with E-state index in [0.717, 1.165) is 19.1 Å². The van der Waals surface area contributed by atoms with Gasteiger partial charge < -0.3 is 4.90 Å². The summed E-state index contributed by atoms with van der Waals surface area (Å²) in [6.07, 6.45) is 2.88. The molecule has 2 nitrogen and oxygen atoms in total. The minimum Gasteiger partial charge on any atom is -0.457 e. The average Bonchev–Trinajstić information content (AvgIpc) is 2.71.